The topological polar surface area (TPSA) is 77.2 Å². The predicted octanol–water partition coefficient (Wildman–Crippen LogP) is 5.71. The first-order valence-electron chi connectivity index (χ1n) is 14.6. The van der Waals surface area contributed by atoms with Gasteiger partial charge in [-0.05, 0) is 118 Å². The molecule has 0 saturated heterocycles. The number of aliphatic hydroxyl groups is 1. The zero-order chi connectivity index (χ0) is 26.9. The van der Waals surface area contributed by atoms with E-state index in [0.717, 1.165) is 70.5 Å². The lowest BCUT2D eigenvalue weighted by molar-refractivity contribution is -0.178. The van der Waals surface area contributed by atoms with E-state index in [1.54, 1.807) is 0 Å². The quantitative estimate of drug-likeness (QED) is 0.519. The van der Waals surface area contributed by atoms with Crippen molar-refractivity contribution in [1.82, 2.24) is 15.0 Å². The maximum Gasteiger partial charge on any atom is 0.188 e. The van der Waals surface area contributed by atoms with Crippen LogP contribution >= 0.6 is 0 Å². The number of fused-ring (bicyclic) bond motifs is 6. The van der Waals surface area contributed by atoms with Crippen molar-refractivity contribution in [2.24, 2.45) is 40.4 Å². The zero-order valence-electron chi connectivity index (χ0n) is 22.9. The van der Waals surface area contributed by atoms with Gasteiger partial charge in [-0.3, -0.25) is 4.79 Å². The normalized spacial score (nSPS) is 40.5. The molecule has 6 rings (SSSR count). The van der Waals surface area contributed by atoms with Gasteiger partial charge in [0.05, 0.1) is 12.2 Å². The van der Waals surface area contributed by atoms with Crippen molar-refractivity contribution < 1.29 is 23.4 Å². The Balaban J connectivity index is 1.22. The second-order valence-electron chi connectivity index (χ2n) is 13.3. The summed E-state index contributed by atoms with van der Waals surface area (Å²) in [7, 11) is 0. The van der Waals surface area contributed by atoms with E-state index in [4.69, 9.17) is 4.74 Å². The van der Waals surface area contributed by atoms with Gasteiger partial charge in [0, 0.05) is 12.5 Å². The van der Waals surface area contributed by atoms with E-state index in [9.17, 15) is 18.7 Å². The van der Waals surface area contributed by atoms with Crippen LogP contribution in [0.5, 0.6) is 0 Å². The van der Waals surface area contributed by atoms with Gasteiger partial charge in [0.1, 0.15) is 12.1 Å². The molecule has 8 atom stereocenters. The summed E-state index contributed by atoms with van der Waals surface area (Å²) < 4.78 is 33.9. The summed E-state index contributed by atoms with van der Waals surface area (Å²) in [6, 6.07) is 2.44. The van der Waals surface area contributed by atoms with Gasteiger partial charge in [-0.1, -0.05) is 6.92 Å². The van der Waals surface area contributed by atoms with Gasteiger partial charge >= 0.3 is 0 Å². The minimum atomic E-state index is -1.02. The fourth-order valence-corrected chi connectivity index (χ4v) is 9.62. The number of ether oxygens (including phenoxy) is 1. The molecule has 4 fully saturated rings. The van der Waals surface area contributed by atoms with Gasteiger partial charge in [0.2, 0.25) is 0 Å². The van der Waals surface area contributed by atoms with Crippen LogP contribution in [-0.4, -0.2) is 44.7 Å². The van der Waals surface area contributed by atoms with Crippen LogP contribution in [0.25, 0.3) is 11.0 Å². The number of carbonyl (C=O) groups is 1. The number of Topliss-reactive ketones (excluding diaryl/α,β-unsaturated/α-hetero) is 1. The van der Waals surface area contributed by atoms with Gasteiger partial charge in [-0.2, -0.15) is 9.90 Å². The van der Waals surface area contributed by atoms with Crippen LogP contribution in [0.1, 0.15) is 78.6 Å². The van der Waals surface area contributed by atoms with Crippen LogP contribution in [-0.2, 0) is 16.1 Å². The summed E-state index contributed by atoms with van der Waals surface area (Å²) >= 11 is 0. The maximum absolute atomic E-state index is 14.2. The molecule has 0 spiro atoms. The Morgan fingerprint density at radius 1 is 1.08 bits per heavy atom. The van der Waals surface area contributed by atoms with Crippen LogP contribution in [0.2, 0.25) is 0 Å². The molecule has 4 aliphatic rings. The van der Waals surface area contributed by atoms with E-state index < -0.39 is 17.2 Å². The molecule has 1 heterocycles. The summed E-state index contributed by atoms with van der Waals surface area (Å²) in [5, 5.41) is 19.3. The van der Waals surface area contributed by atoms with E-state index >= 15 is 0 Å². The Labute approximate surface area is 223 Å². The smallest absolute Gasteiger partial charge is 0.188 e. The molecule has 1 N–H and O–H groups in total. The van der Waals surface area contributed by atoms with Crippen LogP contribution in [0.3, 0.4) is 0 Å². The summed E-state index contributed by atoms with van der Waals surface area (Å²) in [6.07, 6.45) is 9.04. The fraction of sp³-hybridized carbons (Fsp3) is 0.767. The van der Waals surface area contributed by atoms with Crippen molar-refractivity contribution >= 4 is 16.8 Å². The number of halogens is 2. The Hall–Kier alpha value is -1.93. The van der Waals surface area contributed by atoms with Gasteiger partial charge in [0.25, 0.3) is 0 Å². The monoisotopic (exact) mass is 529 g/mol. The van der Waals surface area contributed by atoms with Crippen LogP contribution < -0.4 is 0 Å². The van der Waals surface area contributed by atoms with E-state index in [0.29, 0.717) is 30.3 Å². The lowest BCUT2D eigenvalue weighted by Gasteiger charge is -2.62. The summed E-state index contributed by atoms with van der Waals surface area (Å²) in [6.45, 7) is 7.87. The molecular weight excluding hydrogens is 488 g/mol. The Bertz CT molecular complexity index is 1230. The van der Waals surface area contributed by atoms with Crippen molar-refractivity contribution in [3.05, 3.63) is 23.8 Å². The van der Waals surface area contributed by atoms with Crippen molar-refractivity contribution in [2.45, 2.75) is 90.7 Å². The summed E-state index contributed by atoms with van der Waals surface area (Å²) in [5.41, 5.74) is -0.390. The third kappa shape index (κ3) is 4.04. The van der Waals surface area contributed by atoms with Crippen molar-refractivity contribution in [3.63, 3.8) is 0 Å². The molecule has 6 nitrogen and oxygen atoms in total. The highest BCUT2D eigenvalue weighted by atomic mass is 19.2. The molecule has 1 aromatic heterocycles. The molecular formula is C30H41F2N3O3. The zero-order valence-corrected chi connectivity index (χ0v) is 22.9. The molecule has 8 heteroatoms. The SMILES string of the molecule is CCOC[C@]12CC[C@@](C)(O)C[C@H]1CC[C@H]1[C@@H]3CC[C@H](C(=O)Cn4nc5ccc(F)c(F)c5n4)[C@@]3(C)CC[C@@H]12. The number of ketones is 1. The highest BCUT2D eigenvalue weighted by molar-refractivity contribution is 5.82. The number of rotatable bonds is 6. The molecule has 4 saturated carbocycles. The maximum atomic E-state index is 14.2. The molecule has 1 aromatic carbocycles. The number of hydrogen-bond acceptors (Lipinski definition) is 5. The summed E-state index contributed by atoms with van der Waals surface area (Å²) in [5.74, 6) is 0.185. The molecule has 0 bridgehead atoms. The number of hydrogen-bond donors (Lipinski definition) is 1. The lowest BCUT2D eigenvalue weighted by atomic mass is 9.43. The van der Waals surface area contributed by atoms with Gasteiger partial charge in [-0.25, -0.2) is 8.78 Å². The predicted molar refractivity (Wildman–Crippen MR) is 139 cm³/mol. The molecule has 0 radical (unpaired) electrons. The first-order chi connectivity index (χ1) is 18.1. The first kappa shape index (κ1) is 26.3. The van der Waals surface area contributed by atoms with E-state index in [1.165, 1.54) is 10.9 Å². The molecule has 0 aliphatic heterocycles. The minimum Gasteiger partial charge on any atom is -0.390 e. The molecule has 38 heavy (non-hydrogen) atoms. The second kappa shape index (κ2) is 9.33. The second-order valence-corrected chi connectivity index (χ2v) is 13.3. The Kier molecular flexibility index (Phi) is 6.45. The minimum absolute atomic E-state index is 0.0117. The Morgan fingerprint density at radius 2 is 1.89 bits per heavy atom. The van der Waals surface area contributed by atoms with Crippen LogP contribution in [0.15, 0.2) is 12.1 Å². The highest BCUT2D eigenvalue weighted by Crippen LogP contribution is 2.68. The lowest BCUT2D eigenvalue weighted by Crippen LogP contribution is -2.58. The fourth-order valence-electron chi connectivity index (χ4n) is 9.62. The third-order valence-corrected chi connectivity index (χ3v) is 11.4. The average Bonchev–Trinajstić information content (AvgIpc) is 3.45. The molecule has 2 aromatic rings. The molecule has 208 valence electrons. The number of benzene rings is 1. The van der Waals surface area contributed by atoms with Gasteiger partial charge in [-0.15, -0.1) is 5.10 Å². The standard InChI is InChI=1S/C30H41F2N3O3/c1-4-38-17-30-14-13-28(2,37)15-18(30)5-6-19-20-7-8-22(29(20,3)12-11-21(19)30)25(36)16-35-33-24-10-9-23(31)26(32)27(24)34-35/h9-10,18-22,37H,4-8,11-17H2,1-3H3/t18-,19+,20+,21+,22-,28-,29+,30-/m1/s1. The number of nitrogens with zero attached hydrogens (tertiary/aromatic N) is 3. The van der Waals surface area contributed by atoms with Gasteiger partial charge < -0.3 is 9.84 Å². The van der Waals surface area contributed by atoms with Crippen molar-refractivity contribution in [3.8, 4) is 0 Å². The van der Waals surface area contributed by atoms with E-state index in [2.05, 4.69) is 24.0 Å². The Morgan fingerprint density at radius 3 is 2.68 bits per heavy atom. The number of aromatic nitrogens is 3. The average molecular weight is 530 g/mol. The number of carbonyl (C=O) groups excluding carboxylic acids is 1. The van der Waals surface area contributed by atoms with E-state index in [-0.39, 0.29) is 40.1 Å². The molecule has 0 amide bonds. The summed E-state index contributed by atoms with van der Waals surface area (Å²) in [4.78, 5) is 14.9. The third-order valence-electron chi connectivity index (χ3n) is 11.4. The van der Waals surface area contributed by atoms with Crippen molar-refractivity contribution in [2.75, 3.05) is 13.2 Å². The van der Waals surface area contributed by atoms with E-state index in [1.807, 2.05) is 6.92 Å². The van der Waals surface area contributed by atoms with Crippen LogP contribution in [0.4, 0.5) is 8.78 Å². The molecule has 0 unspecified atom stereocenters. The van der Waals surface area contributed by atoms with Crippen molar-refractivity contribution in [1.29, 1.82) is 0 Å². The largest absolute Gasteiger partial charge is 0.390 e. The highest BCUT2D eigenvalue weighted by Gasteiger charge is 2.63. The van der Waals surface area contributed by atoms with Gasteiger partial charge in [0.15, 0.2) is 22.9 Å². The van der Waals surface area contributed by atoms with Crippen LogP contribution in [0, 0.1) is 52.1 Å². The molecule has 4 aliphatic carbocycles. The first-order valence-corrected chi connectivity index (χ1v) is 14.6.